The molecule has 2 aliphatic rings. The lowest BCUT2D eigenvalue weighted by Crippen LogP contribution is -2.24. The largest absolute Gasteiger partial charge is 0.306 e. The van der Waals surface area contributed by atoms with Crippen molar-refractivity contribution in [3.63, 3.8) is 0 Å². The van der Waals surface area contributed by atoms with E-state index in [0.717, 1.165) is 5.75 Å². The van der Waals surface area contributed by atoms with Crippen LogP contribution in [0.2, 0.25) is 0 Å². The summed E-state index contributed by atoms with van der Waals surface area (Å²) in [7, 11) is 0. The highest BCUT2D eigenvalue weighted by atomic mass is 32.2. The molecule has 1 atom stereocenters. The first kappa shape index (κ1) is 8.75. The van der Waals surface area contributed by atoms with Crippen molar-refractivity contribution >= 4 is 29.2 Å². The second-order valence-electron chi connectivity index (χ2n) is 3.17. The molecule has 0 radical (unpaired) electrons. The first-order valence-corrected chi connectivity index (χ1v) is 6.72. The molecule has 0 bridgehead atoms. The lowest BCUT2D eigenvalue weighted by molar-refractivity contribution is 0.583. The Labute approximate surface area is 81.9 Å². The van der Waals surface area contributed by atoms with Crippen molar-refractivity contribution in [2.24, 2.45) is 5.10 Å². The standard InChI is InChI=1S/C8H14N2S2/c1-3-11-5-7(1)9-10-8-2-4-12-6-8/h7,9H,1-6H2/b10-8+. The van der Waals surface area contributed by atoms with Crippen molar-refractivity contribution in [2.75, 3.05) is 23.0 Å². The van der Waals surface area contributed by atoms with Crippen molar-refractivity contribution in [1.29, 1.82) is 0 Å². The van der Waals surface area contributed by atoms with E-state index < -0.39 is 0 Å². The highest BCUT2D eigenvalue weighted by Crippen LogP contribution is 2.18. The summed E-state index contributed by atoms with van der Waals surface area (Å²) in [5, 5.41) is 4.44. The predicted octanol–water partition coefficient (Wildman–Crippen LogP) is 1.57. The maximum Gasteiger partial charge on any atom is 0.0538 e. The predicted molar refractivity (Wildman–Crippen MR) is 58.2 cm³/mol. The van der Waals surface area contributed by atoms with Gasteiger partial charge < -0.3 is 5.43 Å². The fourth-order valence-electron chi connectivity index (χ4n) is 1.36. The van der Waals surface area contributed by atoms with Gasteiger partial charge in [0.05, 0.1) is 6.04 Å². The summed E-state index contributed by atoms with van der Waals surface area (Å²) in [6.45, 7) is 0. The van der Waals surface area contributed by atoms with Crippen molar-refractivity contribution in [3.05, 3.63) is 0 Å². The van der Waals surface area contributed by atoms with E-state index in [-0.39, 0.29) is 0 Å². The fraction of sp³-hybridized carbons (Fsp3) is 0.875. The van der Waals surface area contributed by atoms with E-state index in [0.29, 0.717) is 6.04 Å². The van der Waals surface area contributed by atoms with Crippen molar-refractivity contribution < 1.29 is 0 Å². The van der Waals surface area contributed by atoms with Gasteiger partial charge >= 0.3 is 0 Å². The van der Waals surface area contributed by atoms with Gasteiger partial charge in [-0.3, -0.25) is 0 Å². The van der Waals surface area contributed by atoms with Crippen LogP contribution in [0.25, 0.3) is 0 Å². The van der Waals surface area contributed by atoms with E-state index >= 15 is 0 Å². The molecule has 2 nitrogen and oxygen atoms in total. The maximum atomic E-state index is 4.44. The van der Waals surface area contributed by atoms with Gasteiger partial charge in [0.25, 0.3) is 0 Å². The van der Waals surface area contributed by atoms with Crippen LogP contribution in [0.5, 0.6) is 0 Å². The second-order valence-corrected chi connectivity index (χ2v) is 5.43. The van der Waals surface area contributed by atoms with Crippen LogP contribution in [0.15, 0.2) is 5.10 Å². The molecule has 2 saturated heterocycles. The smallest absolute Gasteiger partial charge is 0.0538 e. The summed E-state index contributed by atoms with van der Waals surface area (Å²) in [5.74, 6) is 4.95. The molecule has 0 aromatic rings. The molecule has 0 aromatic heterocycles. The zero-order valence-corrected chi connectivity index (χ0v) is 8.72. The van der Waals surface area contributed by atoms with Crippen molar-refractivity contribution in [3.8, 4) is 0 Å². The summed E-state index contributed by atoms with van der Waals surface area (Å²) >= 11 is 4.02. The number of hydrogen-bond acceptors (Lipinski definition) is 4. The average molecular weight is 202 g/mol. The Morgan fingerprint density at radius 2 is 2.33 bits per heavy atom. The molecule has 12 heavy (non-hydrogen) atoms. The molecular formula is C8H14N2S2. The molecule has 0 saturated carbocycles. The van der Waals surface area contributed by atoms with Gasteiger partial charge in [-0.05, 0) is 24.3 Å². The summed E-state index contributed by atoms with van der Waals surface area (Å²) in [4.78, 5) is 0. The van der Waals surface area contributed by atoms with Gasteiger partial charge in [-0.15, -0.1) is 0 Å². The molecule has 2 heterocycles. The second kappa shape index (κ2) is 4.42. The number of rotatable bonds is 2. The molecule has 1 N–H and O–H groups in total. The molecule has 0 aliphatic carbocycles. The lowest BCUT2D eigenvalue weighted by atomic mass is 10.3. The third-order valence-corrected chi connectivity index (χ3v) is 4.33. The Kier molecular flexibility index (Phi) is 3.22. The van der Waals surface area contributed by atoms with E-state index in [1.807, 2.05) is 23.5 Å². The molecule has 68 valence electrons. The fourth-order valence-corrected chi connectivity index (χ4v) is 3.47. The van der Waals surface area contributed by atoms with Crippen molar-refractivity contribution in [2.45, 2.75) is 18.9 Å². The SMILES string of the molecule is C1C/C(=N\NC2CCSC2)CS1. The van der Waals surface area contributed by atoms with E-state index in [4.69, 9.17) is 0 Å². The minimum atomic E-state index is 0.646. The van der Waals surface area contributed by atoms with E-state index in [1.54, 1.807) is 0 Å². The highest BCUT2D eigenvalue weighted by molar-refractivity contribution is 8.00. The first-order chi connectivity index (χ1) is 5.95. The topological polar surface area (TPSA) is 24.4 Å². The lowest BCUT2D eigenvalue weighted by Gasteiger charge is -2.07. The number of thioether (sulfide) groups is 2. The zero-order valence-electron chi connectivity index (χ0n) is 7.08. The number of nitrogens with one attached hydrogen (secondary N) is 1. The van der Waals surface area contributed by atoms with Crippen LogP contribution in [0, 0.1) is 0 Å². The Morgan fingerprint density at radius 1 is 1.33 bits per heavy atom. The number of hydrogen-bond donors (Lipinski definition) is 1. The van der Waals surface area contributed by atoms with Gasteiger partial charge in [-0.25, -0.2) is 0 Å². The minimum absolute atomic E-state index is 0.646. The van der Waals surface area contributed by atoms with E-state index in [1.165, 1.54) is 35.8 Å². The zero-order chi connectivity index (χ0) is 8.23. The van der Waals surface area contributed by atoms with Crippen LogP contribution >= 0.6 is 23.5 Å². The molecule has 1 unspecified atom stereocenters. The number of nitrogens with zero attached hydrogens (tertiary/aromatic N) is 1. The van der Waals surface area contributed by atoms with Gasteiger partial charge in [-0.2, -0.15) is 28.6 Å². The van der Waals surface area contributed by atoms with Crippen LogP contribution < -0.4 is 5.43 Å². The molecule has 2 rings (SSSR count). The van der Waals surface area contributed by atoms with Crippen molar-refractivity contribution in [1.82, 2.24) is 5.43 Å². The van der Waals surface area contributed by atoms with Crippen LogP contribution in [-0.4, -0.2) is 34.8 Å². The third-order valence-electron chi connectivity index (χ3n) is 2.14. The first-order valence-electron chi connectivity index (χ1n) is 4.41. The molecule has 0 aromatic carbocycles. The Hall–Kier alpha value is 0.170. The highest BCUT2D eigenvalue weighted by Gasteiger charge is 2.15. The molecule has 2 fully saturated rings. The number of hydrazone groups is 1. The Morgan fingerprint density at radius 3 is 3.00 bits per heavy atom. The van der Waals surface area contributed by atoms with E-state index in [2.05, 4.69) is 10.5 Å². The maximum absolute atomic E-state index is 4.44. The summed E-state index contributed by atoms with van der Waals surface area (Å²) < 4.78 is 0. The van der Waals surface area contributed by atoms with Gasteiger partial charge in [0.1, 0.15) is 0 Å². The summed E-state index contributed by atoms with van der Waals surface area (Å²) in [6.07, 6.45) is 2.48. The van der Waals surface area contributed by atoms with Gasteiger partial charge in [-0.1, -0.05) is 0 Å². The monoisotopic (exact) mass is 202 g/mol. The summed E-state index contributed by atoms with van der Waals surface area (Å²) in [6, 6.07) is 0.646. The quantitative estimate of drug-likeness (QED) is 0.688. The molecule has 2 aliphatic heterocycles. The normalized spacial score (nSPS) is 33.0. The molecule has 4 heteroatoms. The minimum Gasteiger partial charge on any atom is -0.306 e. The van der Waals surface area contributed by atoms with Gasteiger partial charge in [0.15, 0.2) is 0 Å². The van der Waals surface area contributed by atoms with Crippen LogP contribution in [-0.2, 0) is 0 Å². The van der Waals surface area contributed by atoms with Crippen LogP contribution in [0.3, 0.4) is 0 Å². The average Bonchev–Trinajstić information content (AvgIpc) is 2.74. The van der Waals surface area contributed by atoms with Gasteiger partial charge in [0.2, 0.25) is 0 Å². The van der Waals surface area contributed by atoms with E-state index in [9.17, 15) is 0 Å². The Bertz CT molecular complexity index is 168. The molecular weight excluding hydrogens is 188 g/mol. The molecule has 0 spiro atoms. The third kappa shape index (κ3) is 2.33. The van der Waals surface area contributed by atoms with Gasteiger partial charge in [0, 0.05) is 17.2 Å². The van der Waals surface area contributed by atoms with Crippen LogP contribution in [0.4, 0.5) is 0 Å². The Balaban J connectivity index is 1.75. The summed E-state index contributed by atoms with van der Waals surface area (Å²) in [5.41, 5.74) is 4.64. The molecule has 0 amide bonds. The van der Waals surface area contributed by atoms with Crippen LogP contribution in [0.1, 0.15) is 12.8 Å².